The number of ketones is 1. The zero-order valence-corrected chi connectivity index (χ0v) is 12.4. The second-order valence-electron chi connectivity index (χ2n) is 4.90. The van der Waals surface area contributed by atoms with Gasteiger partial charge in [-0.05, 0) is 56.2 Å². The molecule has 0 saturated heterocycles. The highest BCUT2D eigenvalue weighted by Gasteiger charge is 2.21. The normalized spacial score (nSPS) is 10.5. The number of carbonyl (C=O) groups excluding carboxylic acids is 1. The van der Waals surface area contributed by atoms with Crippen molar-refractivity contribution in [3.8, 4) is 5.75 Å². The Labute approximate surface area is 123 Å². The van der Waals surface area contributed by atoms with Gasteiger partial charge in [0.15, 0.2) is 5.78 Å². The van der Waals surface area contributed by atoms with Gasteiger partial charge < -0.3 is 10.5 Å². The minimum absolute atomic E-state index is 0.244. The molecule has 0 aliphatic heterocycles. The molecule has 0 fully saturated rings. The zero-order valence-electron chi connectivity index (χ0n) is 12.4. The summed E-state index contributed by atoms with van der Waals surface area (Å²) in [7, 11) is 0. The van der Waals surface area contributed by atoms with Crippen molar-refractivity contribution in [2.24, 2.45) is 0 Å². The van der Waals surface area contributed by atoms with E-state index in [1.54, 1.807) is 32.0 Å². The number of hydrogen-bond donors (Lipinski definition) is 1. The SMILES string of the molecule is CCOc1cccc(N)c1C(=O)c1c(C)cc(F)cc1C. The number of ether oxygens (including phenoxy) is 1. The first-order valence-electron chi connectivity index (χ1n) is 6.78. The summed E-state index contributed by atoms with van der Waals surface area (Å²) in [6.07, 6.45) is 0. The Morgan fingerprint density at radius 3 is 2.38 bits per heavy atom. The maximum absolute atomic E-state index is 13.4. The quantitative estimate of drug-likeness (QED) is 0.689. The Hall–Kier alpha value is -2.36. The molecule has 2 N–H and O–H groups in total. The fourth-order valence-corrected chi connectivity index (χ4v) is 2.46. The van der Waals surface area contributed by atoms with Gasteiger partial charge in [-0.25, -0.2) is 4.39 Å². The molecule has 0 saturated carbocycles. The Morgan fingerprint density at radius 2 is 1.81 bits per heavy atom. The molecule has 0 heterocycles. The highest BCUT2D eigenvalue weighted by Crippen LogP contribution is 2.29. The minimum Gasteiger partial charge on any atom is -0.493 e. The molecule has 2 aromatic rings. The molecule has 0 bridgehead atoms. The standard InChI is InChI=1S/C17H18FNO2/c1-4-21-14-7-5-6-13(19)16(14)17(20)15-10(2)8-12(18)9-11(15)3/h5-9H,4,19H2,1-3H3. The molecule has 0 aromatic heterocycles. The van der Waals surface area contributed by atoms with Crippen LogP contribution in [0.1, 0.15) is 34.0 Å². The van der Waals surface area contributed by atoms with E-state index in [0.717, 1.165) is 0 Å². The lowest BCUT2D eigenvalue weighted by atomic mass is 9.93. The number of carbonyl (C=O) groups is 1. The average molecular weight is 287 g/mol. The first-order valence-corrected chi connectivity index (χ1v) is 6.78. The predicted octanol–water partition coefficient (Wildman–Crippen LogP) is 3.65. The van der Waals surface area contributed by atoms with Gasteiger partial charge in [-0.1, -0.05) is 6.07 Å². The van der Waals surface area contributed by atoms with Gasteiger partial charge >= 0.3 is 0 Å². The summed E-state index contributed by atoms with van der Waals surface area (Å²) < 4.78 is 18.9. The molecule has 2 aromatic carbocycles. The maximum atomic E-state index is 13.4. The molecule has 0 spiro atoms. The van der Waals surface area contributed by atoms with Crippen LogP contribution < -0.4 is 10.5 Å². The number of nitrogens with two attached hydrogens (primary N) is 1. The Balaban J connectivity index is 2.61. The monoisotopic (exact) mass is 287 g/mol. The minimum atomic E-state index is -0.354. The molecule has 110 valence electrons. The van der Waals surface area contributed by atoms with Gasteiger partial charge in [0.25, 0.3) is 0 Å². The molecule has 2 rings (SSSR count). The number of halogens is 1. The molecule has 0 aliphatic carbocycles. The second-order valence-corrected chi connectivity index (χ2v) is 4.90. The molecule has 0 radical (unpaired) electrons. The van der Waals surface area contributed by atoms with Crippen LogP contribution in [0.25, 0.3) is 0 Å². The van der Waals surface area contributed by atoms with Gasteiger partial charge in [0.05, 0.1) is 12.2 Å². The molecular formula is C17H18FNO2. The van der Waals surface area contributed by atoms with Crippen LogP contribution in [0.15, 0.2) is 30.3 Å². The Kier molecular flexibility index (Phi) is 4.26. The first-order chi connectivity index (χ1) is 9.95. The van der Waals surface area contributed by atoms with E-state index in [1.165, 1.54) is 12.1 Å². The first kappa shape index (κ1) is 15.0. The summed E-state index contributed by atoms with van der Waals surface area (Å²) in [6, 6.07) is 7.80. The van der Waals surface area contributed by atoms with E-state index in [-0.39, 0.29) is 11.6 Å². The molecule has 0 atom stereocenters. The highest BCUT2D eigenvalue weighted by atomic mass is 19.1. The number of nitrogen functional groups attached to an aromatic ring is 1. The molecule has 4 heteroatoms. The molecule has 3 nitrogen and oxygen atoms in total. The third kappa shape index (κ3) is 2.89. The number of anilines is 1. The van der Waals surface area contributed by atoms with Crippen molar-refractivity contribution in [1.82, 2.24) is 0 Å². The summed E-state index contributed by atoms with van der Waals surface area (Å²) in [4.78, 5) is 12.8. The topological polar surface area (TPSA) is 52.3 Å². The summed E-state index contributed by atoms with van der Waals surface area (Å²) in [5, 5.41) is 0. The number of hydrogen-bond acceptors (Lipinski definition) is 3. The van der Waals surface area contributed by atoms with Crippen LogP contribution in [0, 0.1) is 19.7 Å². The van der Waals surface area contributed by atoms with Crippen LogP contribution in [0.3, 0.4) is 0 Å². The molecule has 0 aliphatic rings. The van der Waals surface area contributed by atoms with Crippen LogP contribution >= 0.6 is 0 Å². The van der Waals surface area contributed by atoms with E-state index in [0.29, 0.717) is 40.3 Å². The third-order valence-corrected chi connectivity index (χ3v) is 3.31. The van der Waals surface area contributed by atoms with Crippen molar-refractivity contribution < 1.29 is 13.9 Å². The van der Waals surface area contributed by atoms with Crippen LogP contribution in [0.5, 0.6) is 5.75 Å². The van der Waals surface area contributed by atoms with Gasteiger partial charge in [-0.3, -0.25) is 4.79 Å². The third-order valence-electron chi connectivity index (χ3n) is 3.31. The lowest BCUT2D eigenvalue weighted by Gasteiger charge is -2.14. The van der Waals surface area contributed by atoms with Crippen molar-refractivity contribution >= 4 is 11.5 Å². The number of benzene rings is 2. The Bertz CT molecular complexity index is 672. The van der Waals surface area contributed by atoms with Crippen molar-refractivity contribution in [3.05, 3.63) is 58.4 Å². The summed E-state index contributed by atoms with van der Waals surface area (Å²) in [5.74, 6) is -0.148. The van der Waals surface area contributed by atoms with Gasteiger partial charge in [-0.15, -0.1) is 0 Å². The fourth-order valence-electron chi connectivity index (χ4n) is 2.46. The van der Waals surface area contributed by atoms with E-state index in [4.69, 9.17) is 10.5 Å². The number of rotatable bonds is 4. The van der Waals surface area contributed by atoms with Crippen LogP contribution in [-0.2, 0) is 0 Å². The lowest BCUT2D eigenvalue weighted by molar-refractivity contribution is 0.103. The Morgan fingerprint density at radius 1 is 1.19 bits per heavy atom. The lowest BCUT2D eigenvalue weighted by Crippen LogP contribution is -2.12. The van der Waals surface area contributed by atoms with Crippen molar-refractivity contribution in [2.45, 2.75) is 20.8 Å². The van der Waals surface area contributed by atoms with Gasteiger partial charge in [-0.2, -0.15) is 0 Å². The van der Waals surface area contributed by atoms with Gasteiger partial charge in [0.2, 0.25) is 0 Å². The average Bonchev–Trinajstić information content (AvgIpc) is 2.37. The van der Waals surface area contributed by atoms with E-state index < -0.39 is 0 Å². The fraction of sp³-hybridized carbons (Fsp3) is 0.235. The van der Waals surface area contributed by atoms with Crippen LogP contribution in [-0.4, -0.2) is 12.4 Å². The van der Waals surface area contributed by atoms with E-state index in [9.17, 15) is 9.18 Å². The van der Waals surface area contributed by atoms with Gasteiger partial charge in [0, 0.05) is 11.3 Å². The van der Waals surface area contributed by atoms with Crippen LogP contribution in [0.2, 0.25) is 0 Å². The second kappa shape index (κ2) is 5.95. The smallest absolute Gasteiger partial charge is 0.199 e. The van der Waals surface area contributed by atoms with Crippen molar-refractivity contribution in [1.29, 1.82) is 0 Å². The molecule has 21 heavy (non-hydrogen) atoms. The summed E-state index contributed by atoms with van der Waals surface area (Å²) in [5.41, 5.74) is 8.27. The van der Waals surface area contributed by atoms with E-state index in [2.05, 4.69) is 0 Å². The highest BCUT2D eigenvalue weighted by molar-refractivity contribution is 6.15. The maximum Gasteiger partial charge on any atom is 0.199 e. The largest absolute Gasteiger partial charge is 0.493 e. The van der Waals surface area contributed by atoms with Crippen LogP contribution in [0.4, 0.5) is 10.1 Å². The summed E-state index contributed by atoms with van der Waals surface area (Å²) in [6.45, 7) is 5.70. The van der Waals surface area contributed by atoms with E-state index in [1.807, 2.05) is 6.92 Å². The molecular weight excluding hydrogens is 269 g/mol. The zero-order chi connectivity index (χ0) is 15.6. The van der Waals surface area contributed by atoms with Crippen molar-refractivity contribution in [2.75, 3.05) is 12.3 Å². The molecule has 0 unspecified atom stereocenters. The predicted molar refractivity (Wildman–Crippen MR) is 81.3 cm³/mol. The van der Waals surface area contributed by atoms with Gasteiger partial charge in [0.1, 0.15) is 11.6 Å². The number of aryl methyl sites for hydroxylation is 2. The van der Waals surface area contributed by atoms with Crippen molar-refractivity contribution in [3.63, 3.8) is 0 Å². The summed E-state index contributed by atoms with van der Waals surface area (Å²) >= 11 is 0. The van der Waals surface area contributed by atoms with E-state index >= 15 is 0 Å². The molecule has 0 amide bonds.